The first-order valence-electron chi connectivity index (χ1n) is 5.81. The van der Waals surface area contributed by atoms with Crippen molar-refractivity contribution in [3.63, 3.8) is 0 Å². The van der Waals surface area contributed by atoms with Crippen LogP contribution in [0.5, 0.6) is 0 Å². The van der Waals surface area contributed by atoms with Gasteiger partial charge in [-0.25, -0.2) is 0 Å². The van der Waals surface area contributed by atoms with E-state index in [1.807, 2.05) is 6.07 Å². The van der Waals surface area contributed by atoms with Crippen molar-refractivity contribution in [3.05, 3.63) is 35.4 Å². The van der Waals surface area contributed by atoms with Crippen LogP contribution in [0.25, 0.3) is 0 Å². The lowest BCUT2D eigenvalue weighted by molar-refractivity contribution is 0.0950. The van der Waals surface area contributed by atoms with Gasteiger partial charge in [-0.3, -0.25) is 4.79 Å². The molecule has 2 rings (SSSR count). The maximum Gasteiger partial charge on any atom is 0.251 e. The molecule has 1 unspecified atom stereocenters. The third-order valence-electron chi connectivity index (χ3n) is 2.93. The molecular formula is C13H15N3O. The highest BCUT2D eigenvalue weighted by Crippen LogP contribution is 2.06. The van der Waals surface area contributed by atoms with E-state index in [2.05, 4.69) is 10.6 Å². The van der Waals surface area contributed by atoms with Crippen molar-refractivity contribution < 1.29 is 4.79 Å². The SMILES string of the molecule is N#Cc1cccc(C(=O)NCC2CCCN2)c1. The van der Waals surface area contributed by atoms with Crippen molar-refractivity contribution in [2.45, 2.75) is 18.9 Å². The molecule has 0 aromatic heterocycles. The van der Waals surface area contributed by atoms with Crippen molar-refractivity contribution >= 4 is 5.91 Å². The van der Waals surface area contributed by atoms with Gasteiger partial charge in [-0.15, -0.1) is 0 Å². The third-order valence-corrected chi connectivity index (χ3v) is 2.93. The molecule has 1 aliphatic heterocycles. The first-order chi connectivity index (χ1) is 8.29. The highest BCUT2D eigenvalue weighted by atomic mass is 16.1. The zero-order valence-corrected chi connectivity index (χ0v) is 9.57. The van der Waals surface area contributed by atoms with E-state index in [0.717, 1.165) is 13.0 Å². The van der Waals surface area contributed by atoms with Gasteiger partial charge in [0.25, 0.3) is 5.91 Å². The molecule has 2 N–H and O–H groups in total. The highest BCUT2D eigenvalue weighted by molar-refractivity contribution is 5.94. The van der Waals surface area contributed by atoms with Gasteiger partial charge in [0.15, 0.2) is 0 Å². The Morgan fingerprint density at radius 2 is 2.47 bits per heavy atom. The van der Waals surface area contributed by atoms with Gasteiger partial charge < -0.3 is 10.6 Å². The lowest BCUT2D eigenvalue weighted by Gasteiger charge is -2.11. The Kier molecular flexibility index (Phi) is 3.73. The van der Waals surface area contributed by atoms with Gasteiger partial charge in [-0.05, 0) is 37.6 Å². The predicted molar refractivity (Wildman–Crippen MR) is 64.5 cm³/mol. The molecule has 1 saturated heterocycles. The van der Waals surface area contributed by atoms with E-state index in [1.54, 1.807) is 24.3 Å². The van der Waals surface area contributed by atoms with E-state index < -0.39 is 0 Å². The van der Waals surface area contributed by atoms with Crippen molar-refractivity contribution in [3.8, 4) is 6.07 Å². The van der Waals surface area contributed by atoms with Crippen LogP contribution in [0, 0.1) is 11.3 Å². The van der Waals surface area contributed by atoms with Gasteiger partial charge in [-0.2, -0.15) is 5.26 Å². The molecular weight excluding hydrogens is 214 g/mol. The lowest BCUT2D eigenvalue weighted by atomic mass is 10.1. The molecule has 0 spiro atoms. The van der Waals surface area contributed by atoms with Crippen LogP contribution in [0.2, 0.25) is 0 Å². The third kappa shape index (κ3) is 3.05. The van der Waals surface area contributed by atoms with E-state index in [-0.39, 0.29) is 5.91 Å². The average Bonchev–Trinajstić information content (AvgIpc) is 2.89. The van der Waals surface area contributed by atoms with Gasteiger partial charge in [-0.1, -0.05) is 6.07 Å². The van der Waals surface area contributed by atoms with Crippen molar-refractivity contribution in [1.82, 2.24) is 10.6 Å². The fraction of sp³-hybridized carbons (Fsp3) is 0.385. The molecule has 1 amide bonds. The van der Waals surface area contributed by atoms with Crippen LogP contribution >= 0.6 is 0 Å². The van der Waals surface area contributed by atoms with E-state index in [9.17, 15) is 4.79 Å². The van der Waals surface area contributed by atoms with Gasteiger partial charge in [0.05, 0.1) is 11.6 Å². The minimum Gasteiger partial charge on any atom is -0.350 e. The van der Waals surface area contributed by atoms with Gasteiger partial charge in [0.2, 0.25) is 0 Å². The number of benzene rings is 1. The summed E-state index contributed by atoms with van der Waals surface area (Å²) in [5, 5.41) is 15.0. The van der Waals surface area contributed by atoms with Crippen LogP contribution in [-0.2, 0) is 0 Å². The standard InChI is InChI=1S/C13H15N3O/c14-8-10-3-1-4-11(7-10)13(17)16-9-12-5-2-6-15-12/h1,3-4,7,12,15H,2,5-6,9H2,(H,16,17). The number of nitrogens with zero attached hydrogens (tertiary/aromatic N) is 1. The highest BCUT2D eigenvalue weighted by Gasteiger charge is 2.15. The Morgan fingerprint density at radius 3 is 3.18 bits per heavy atom. The van der Waals surface area contributed by atoms with Gasteiger partial charge >= 0.3 is 0 Å². The molecule has 0 bridgehead atoms. The van der Waals surface area contributed by atoms with E-state index >= 15 is 0 Å². The zero-order chi connectivity index (χ0) is 12.1. The summed E-state index contributed by atoms with van der Waals surface area (Å²) in [4.78, 5) is 11.8. The first kappa shape index (κ1) is 11.6. The molecule has 0 saturated carbocycles. The Morgan fingerprint density at radius 1 is 1.59 bits per heavy atom. The zero-order valence-electron chi connectivity index (χ0n) is 9.57. The maximum atomic E-state index is 11.8. The number of rotatable bonds is 3. The van der Waals surface area contributed by atoms with Crippen LogP contribution in [0.4, 0.5) is 0 Å². The van der Waals surface area contributed by atoms with Crippen LogP contribution in [0.3, 0.4) is 0 Å². The first-order valence-corrected chi connectivity index (χ1v) is 5.81. The molecule has 1 heterocycles. The van der Waals surface area contributed by atoms with Gasteiger partial charge in [0.1, 0.15) is 0 Å². The van der Waals surface area contributed by atoms with Crippen LogP contribution in [0.15, 0.2) is 24.3 Å². The number of nitrogens with one attached hydrogen (secondary N) is 2. The Bertz CT molecular complexity index is 444. The summed E-state index contributed by atoms with van der Waals surface area (Å²) >= 11 is 0. The number of hydrogen-bond donors (Lipinski definition) is 2. The number of hydrogen-bond acceptors (Lipinski definition) is 3. The normalized spacial score (nSPS) is 18.6. The summed E-state index contributed by atoms with van der Waals surface area (Å²) in [6.07, 6.45) is 2.28. The second kappa shape index (κ2) is 5.46. The Labute approximate surface area is 101 Å². The topological polar surface area (TPSA) is 64.9 Å². The summed E-state index contributed by atoms with van der Waals surface area (Å²) < 4.78 is 0. The minimum absolute atomic E-state index is 0.115. The van der Waals surface area contributed by atoms with Gasteiger partial charge in [0, 0.05) is 18.2 Å². The smallest absolute Gasteiger partial charge is 0.251 e. The molecule has 0 radical (unpaired) electrons. The fourth-order valence-corrected chi connectivity index (χ4v) is 1.98. The molecule has 88 valence electrons. The predicted octanol–water partition coefficient (Wildman–Crippen LogP) is 1.04. The largest absolute Gasteiger partial charge is 0.350 e. The minimum atomic E-state index is -0.115. The number of carbonyl (C=O) groups excluding carboxylic acids is 1. The lowest BCUT2D eigenvalue weighted by Crippen LogP contribution is -2.37. The molecule has 1 aromatic carbocycles. The number of carbonyl (C=O) groups is 1. The second-order valence-electron chi connectivity index (χ2n) is 4.20. The molecule has 4 heteroatoms. The summed E-state index contributed by atoms with van der Waals surface area (Å²) in [7, 11) is 0. The number of nitriles is 1. The van der Waals surface area contributed by atoms with Crippen LogP contribution in [0.1, 0.15) is 28.8 Å². The van der Waals surface area contributed by atoms with Crippen LogP contribution < -0.4 is 10.6 Å². The van der Waals surface area contributed by atoms with Crippen molar-refractivity contribution in [2.75, 3.05) is 13.1 Å². The second-order valence-corrected chi connectivity index (χ2v) is 4.20. The van der Waals surface area contributed by atoms with E-state index in [0.29, 0.717) is 23.7 Å². The van der Waals surface area contributed by atoms with E-state index in [1.165, 1.54) is 6.42 Å². The Balaban J connectivity index is 1.92. The molecule has 4 nitrogen and oxygen atoms in total. The number of amides is 1. The monoisotopic (exact) mass is 229 g/mol. The molecule has 1 fully saturated rings. The summed E-state index contributed by atoms with van der Waals surface area (Å²) in [5.41, 5.74) is 1.05. The molecule has 17 heavy (non-hydrogen) atoms. The quantitative estimate of drug-likeness (QED) is 0.814. The average molecular weight is 229 g/mol. The van der Waals surface area contributed by atoms with Crippen molar-refractivity contribution in [2.24, 2.45) is 0 Å². The van der Waals surface area contributed by atoms with Crippen LogP contribution in [-0.4, -0.2) is 25.0 Å². The summed E-state index contributed by atoms with van der Waals surface area (Å²) in [6.45, 7) is 1.68. The molecule has 1 aliphatic rings. The van der Waals surface area contributed by atoms with E-state index in [4.69, 9.17) is 5.26 Å². The Hall–Kier alpha value is -1.86. The molecule has 1 aromatic rings. The maximum absolute atomic E-state index is 11.8. The molecule has 1 atom stereocenters. The molecule has 0 aliphatic carbocycles. The summed E-state index contributed by atoms with van der Waals surface area (Å²) in [5.74, 6) is -0.115. The fourth-order valence-electron chi connectivity index (χ4n) is 1.98. The van der Waals surface area contributed by atoms with Crippen molar-refractivity contribution in [1.29, 1.82) is 5.26 Å². The summed E-state index contributed by atoms with van der Waals surface area (Å²) in [6, 6.07) is 9.16.